The molecule has 1 atom stereocenters. The summed E-state index contributed by atoms with van der Waals surface area (Å²) in [6.45, 7) is 1.70. The highest BCUT2D eigenvalue weighted by Crippen LogP contribution is 2.36. The van der Waals surface area contributed by atoms with Crippen molar-refractivity contribution < 1.29 is 14.7 Å². The van der Waals surface area contributed by atoms with E-state index in [1.54, 1.807) is 14.0 Å². The topological polar surface area (TPSA) is 110 Å². The van der Waals surface area contributed by atoms with E-state index in [0.717, 1.165) is 12.8 Å². The van der Waals surface area contributed by atoms with Gasteiger partial charge in [0.05, 0.1) is 12.1 Å². The Kier molecular flexibility index (Phi) is 3.46. The fourth-order valence-corrected chi connectivity index (χ4v) is 2.32. The number of hydrogen-bond donors (Lipinski definition) is 3. The van der Waals surface area contributed by atoms with Crippen LogP contribution in [0, 0.1) is 12.8 Å². The number of hydrogen-bond acceptors (Lipinski definition) is 4. The van der Waals surface area contributed by atoms with E-state index < -0.39 is 11.9 Å². The van der Waals surface area contributed by atoms with Crippen molar-refractivity contribution in [1.29, 1.82) is 0 Å². The van der Waals surface area contributed by atoms with E-state index in [1.165, 1.54) is 4.68 Å². The van der Waals surface area contributed by atoms with Crippen molar-refractivity contribution >= 4 is 17.7 Å². The molecule has 1 aliphatic carbocycles. The first kappa shape index (κ1) is 13.4. The number of carbonyl (C=O) groups excluding carboxylic acids is 1. The molecule has 1 fully saturated rings. The van der Waals surface area contributed by atoms with E-state index in [4.69, 9.17) is 10.8 Å². The molecular weight excluding hydrogens is 248 g/mol. The van der Waals surface area contributed by atoms with Gasteiger partial charge in [-0.15, -0.1) is 0 Å². The number of amides is 1. The minimum absolute atomic E-state index is 0.0209. The number of primary amides is 1. The van der Waals surface area contributed by atoms with Gasteiger partial charge in [0.15, 0.2) is 0 Å². The summed E-state index contributed by atoms with van der Waals surface area (Å²) in [6, 6.07) is -0.189. The maximum Gasteiger partial charge on any atom is 0.305 e. The molecule has 0 radical (unpaired) electrons. The molecule has 19 heavy (non-hydrogen) atoms. The third-order valence-corrected chi connectivity index (χ3v) is 3.38. The summed E-state index contributed by atoms with van der Waals surface area (Å²) in [6.07, 6.45) is 2.04. The van der Waals surface area contributed by atoms with Crippen molar-refractivity contribution in [3.8, 4) is 0 Å². The van der Waals surface area contributed by atoms with Crippen molar-refractivity contribution in [3.05, 3.63) is 11.3 Å². The predicted molar refractivity (Wildman–Crippen MR) is 68.9 cm³/mol. The molecule has 2 rings (SSSR count). The molecule has 1 aromatic rings. The first-order chi connectivity index (χ1) is 8.90. The maximum absolute atomic E-state index is 11.5. The summed E-state index contributed by atoms with van der Waals surface area (Å²) in [4.78, 5) is 22.3. The highest BCUT2D eigenvalue weighted by Gasteiger charge is 2.34. The zero-order valence-corrected chi connectivity index (χ0v) is 11.0. The van der Waals surface area contributed by atoms with Crippen LogP contribution in [0.25, 0.3) is 0 Å². The fraction of sp³-hybridized carbons (Fsp3) is 0.583. The smallest absolute Gasteiger partial charge is 0.305 e. The Hall–Kier alpha value is -2.05. The zero-order chi connectivity index (χ0) is 14.2. The number of nitrogens with zero attached hydrogens (tertiary/aromatic N) is 2. The number of rotatable bonds is 6. The number of carbonyl (C=O) groups is 2. The molecule has 1 aliphatic rings. The van der Waals surface area contributed by atoms with Crippen LogP contribution in [-0.4, -0.2) is 32.8 Å². The molecule has 0 saturated heterocycles. The third-order valence-electron chi connectivity index (χ3n) is 3.38. The van der Waals surface area contributed by atoms with Gasteiger partial charge in [0, 0.05) is 13.1 Å². The van der Waals surface area contributed by atoms with E-state index in [1.807, 2.05) is 0 Å². The number of aromatic nitrogens is 2. The number of nitrogens with two attached hydrogens (primary N) is 1. The van der Waals surface area contributed by atoms with Gasteiger partial charge in [-0.2, -0.15) is 5.10 Å². The van der Waals surface area contributed by atoms with Crippen LogP contribution < -0.4 is 11.1 Å². The number of aliphatic carboxylic acids is 1. The lowest BCUT2D eigenvalue weighted by molar-refractivity contribution is -0.137. The van der Waals surface area contributed by atoms with Crippen molar-refractivity contribution in [2.24, 2.45) is 18.7 Å². The Labute approximate surface area is 110 Å². The molecular formula is C12H18N4O3. The van der Waals surface area contributed by atoms with Gasteiger partial charge in [-0.1, -0.05) is 0 Å². The SMILES string of the molecule is Cc1nn(C)c(NC(CC(=O)O)C2CC2)c1C(N)=O. The second-order valence-electron chi connectivity index (χ2n) is 4.98. The molecule has 104 valence electrons. The molecule has 1 unspecified atom stereocenters. The Balaban J connectivity index is 2.25. The fourth-order valence-electron chi connectivity index (χ4n) is 2.32. The minimum Gasteiger partial charge on any atom is -0.481 e. The lowest BCUT2D eigenvalue weighted by Crippen LogP contribution is -2.28. The summed E-state index contributed by atoms with van der Waals surface area (Å²) in [5.74, 6) is -0.572. The number of aryl methyl sites for hydroxylation is 2. The van der Waals surface area contributed by atoms with Gasteiger partial charge in [0.2, 0.25) is 0 Å². The second kappa shape index (κ2) is 4.91. The summed E-state index contributed by atoms with van der Waals surface area (Å²) in [5, 5.41) is 16.2. The van der Waals surface area contributed by atoms with Gasteiger partial charge in [-0.05, 0) is 25.7 Å². The molecule has 0 aromatic carbocycles. The highest BCUT2D eigenvalue weighted by molar-refractivity contribution is 5.99. The van der Waals surface area contributed by atoms with Crippen molar-refractivity contribution in [2.45, 2.75) is 32.2 Å². The quantitative estimate of drug-likeness (QED) is 0.694. The minimum atomic E-state index is -0.857. The molecule has 1 saturated carbocycles. The summed E-state index contributed by atoms with van der Waals surface area (Å²) >= 11 is 0. The van der Waals surface area contributed by atoms with Gasteiger partial charge >= 0.3 is 5.97 Å². The van der Waals surface area contributed by atoms with Crippen molar-refractivity contribution in [1.82, 2.24) is 9.78 Å². The van der Waals surface area contributed by atoms with Crippen LogP contribution in [-0.2, 0) is 11.8 Å². The lowest BCUT2D eigenvalue weighted by atomic mass is 10.1. The van der Waals surface area contributed by atoms with Gasteiger partial charge in [-0.3, -0.25) is 14.3 Å². The monoisotopic (exact) mass is 266 g/mol. The molecule has 1 heterocycles. The van der Waals surface area contributed by atoms with Crippen LogP contribution in [0.2, 0.25) is 0 Å². The number of anilines is 1. The summed E-state index contributed by atoms with van der Waals surface area (Å²) in [5.41, 5.74) is 6.22. The first-order valence-corrected chi connectivity index (χ1v) is 6.22. The molecule has 0 spiro atoms. The van der Waals surface area contributed by atoms with E-state index in [-0.39, 0.29) is 12.5 Å². The predicted octanol–water partition coefficient (Wildman–Crippen LogP) is 0.493. The van der Waals surface area contributed by atoms with E-state index >= 15 is 0 Å². The van der Waals surface area contributed by atoms with Gasteiger partial charge < -0.3 is 16.2 Å². The normalized spacial score (nSPS) is 16.1. The van der Waals surface area contributed by atoms with Gasteiger partial charge in [-0.25, -0.2) is 0 Å². The van der Waals surface area contributed by atoms with E-state index in [2.05, 4.69) is 10.4 Å². The first-order valence-electron chi connectivity index (χ1n) is 6.22. The Morgan fingerprint density at radius 2 is 2.21 bits per heavy atom. The second-order valence-corrected chi connectivity index (χ2v) is 4.98. The van der Waals surface area contributed by atoms with Crippen molar-refractivity contribution in [2.75, 3.05) is 5.32 Å². The van der Waals surface area contributed by atoms with Gasteiger partial charge in [0.1, 0.15) is 11.4 Å². The Bertz CT molecular complexity index is 519. The average molecular weight is 266 g/mol. The Morgan fingerprint density at radius 1 is 1.58 bits per heavy atom. The molecule has 4 N–H and O–H groups in total. The van der Waals surface area contributed by atoms with Crippen LogP contribution in [0.4, 0.5) is 5.82 Å². The average Bonchev–Trinajstić information content (AvgIpc) is 3.05. The van der Waals surface area contributed by atoms with Crippen molar-refractivity contribution in [3.63, 3.8) is 0 Å². The van der Waals surface area contributed by atoms with E-state index in [9.17, 15) is 9.59 Å². The van der Waals surface area contributed by atoms with E-state index in [0.29, 0.717) is 23.0 Å². The molecule has 1 aromatic heterocycles. The lowest BCUT2D eigenvalue weighted by Gasteiger charge is -2.18. The van der Waals surface area contributed by atoms with Gasteiger partial charge in [0.25, 0.3) is 5.91 Å². The molecule has 0 bridgehead atoms. The number of nitrogens with one attached hydrogen (secondary N) is 1. The zero-order valence-electron chi connectivity index (χ0n) is 11.0. The maximum atomic E-state index is 11.5. The molecule has 7 heteroatoms. The Morgan fingerprint density at radius 3 is 2.68 bits per heavy atom. The summed E-state index contributed by atoms with van der Waals surface area (Å²) in [7, 11) is 1.70. The molecule has 1 amide bonds. The third kappa shape index (κ3) is 2.86. The van der Waals surface area contributed by atoms with Crippen LogP contribution in [0.5, 0.6) is 0 Å². The molecule has 7 nitrogen and oxygen atoms in total. The standard InChI is InChI=1S/C12H18N4O3/c1-6-10(11(13)19)12(16(2)15-6)14-8(5-9(17)18)7-3-4-7/h7-8,14H,3-5H2,1-2H3,(H2,13,19)(H,17,18). The van der Waals surface area contributed by atoms with Crippen LogP contribution in [0.15, 0.2) is 0 Å². The van der Waals surface area contributed by atoms with Crippen LogP contribution >= 0.6 is 0 Å². The van der Waals surface area contributed by atoms with Crippen LogP contribution in [0.3, 0.4) is 0 Å². The molecule has 0 aliphatic heterocycles. The number of carboxylic acid groups (broad SMARTS) is 1. The number of carboxylic acids is 1. The summed E-state index contributed by atoms with van der Waals surface area (Å²) < 4.78 is 1.53. The van der Waals surface area contributed by atoms with Crippen LogP contribution in [0.1, 0.15) is 35.3 Å². The largest absolute Gasteiger partial charge is 0.481 e. The highest BCUT2D eigenvalue weighted by atomic mass is 16.4.